The van der Waals surface area contributed by atoms with Crippen LogP contribution in [0.25, 0.3) is 55.0 Å². The van der Waals surface area contributed by atoms with E-state index in [1.54, 1.807) is 0 Å². The van der Waals surface area contributed by atoms with Crippen LogP contribution in [-0.2, 0) is 5.41 Å². The molecular weight excluding hydrogens is 546 g/mol. The van der Waals surface area contributed by atoms with E-state index in [1.807, 2.05) is 6.07 Å². The molecule has 2 nitrogen and oxygen atoms in total. The van der Waals surface area contributed by atoms with Crippen LogP contribution in [-0.4, -0.2) is 0 Å². The van der Waals surface area contributed by atoms with Gasteiger partial charge in [-0.3, -0.25) is 0 Å². The Morgan fingerprint density at radius 2 is 1.13 bits per heavy atom. The summed E-state index contributed by atoms with van der Waals surface area (Å²) in [4.78, 5) is 2.42. The quantitative estimate of drug-likeness (QED) is 0.207. The van der Waals surface area contributed by atoms with Crippen molar-refractivity contribution < 1.29 is 4.42 Å². The lowest BCUT2D eigenvalue weighted by atomic mass is 9.82. The standard InChI is InChI=1S/C43H31NO/c1-43(2)38-19-8-6-16-32(38)33-23-22-31(27-39(33)43)44(30-15-10-14-29(26-30)28-12-4-3-5-13-28)40-20-11-18-36-34(40)24-25-37-35-17-7-9-21-41(35)45-42(36)37/h3-27H,1-2H3. The molecule has 45 heavy (non-hydrogen) atoms. The van der Waals surface area contributed by atoms with Crippen molar-refractivity contribution >= 4 is 49.8 Å². The Bertz CT molecular complexity index is 2410. The predicted molar refractivity (Wildman–Crippen MR) is 189 cm³/mol. The lowest BCUT2D eigenvalue weighted by Crippen LogP contribution is -2.16. The number of nitrogens with zero attached hydrogens (tertiary/aromatic N) is 1. The largest absolute Gasteiger partial charge is 0.455 e. The molecule has 1 heterocycles. The van der Waals surface area contributed by atoms with E-state index < -0.39 is 0 Å². The molecule has 0 N–H and O–H groups in total. The SMILES string of the molecule is CC1(C)c2ccccc2-c2ccc(N(c3cccc(-c4ccccc4)c3)c3cccc4c3ccc3c5ccccc5oc43)cc21. The molecule has 0 saturated heterocycles. The molecule has 9 rings (SSSR count). The maximum Gasteiger partial charge on any atom is 0.143 e. The van der Waals surface area contributed by atoms with Gasteiger partial charge in [-0.15, -0.1) is 0 Å². The molecule has 1 aliphatic rings. The van der Waals surface area contributed by atoms with Gasteiger partial charge in [0.15, 0.2) is 0 Å². The van der Waals surface area contributed by atoms with Crippen molar-refractivity contribution in [3.05, 3.63) is 163 Å². The molecule has 214 valence electrons. The smallest absolute Gasteiger partial charge is 0.143 e. The molecule has 0 radical (unpaired) electrons. The normalized spacial score (nSPS) is 13.3. The summed E-state index contributed by atoms with van der Waals surface area (Å²) in [6, 6.07) is 54.7. The molecule has 0 atom stereocenters. The van der Waals surface area contributed by atoms with Gasteiger partial charge in [0.05, 0.1) is 5.69 Å². The van der Waals surface area contributed by atoms with Gasteiger partial charge in [-0.25, -0.2) is 0 Å². The molecule has 0 fully saturated rings. The first-order chi connectivity index (χ1) is 22.1. The molecule has 2 heteroatoms. The lowest BCUT2D eigenvalue weighted by Gasteiger charge is -2.29. The molecule has 8 aromatic rings. The molecule has 0 spiro atoms. The van der Waals surface area contributed by atoms with Gasteiger partial charge < -0.3 is 9.32 Å². The Hall–Kier alpha value is -5.60. The van der Waals surface area contributed by atoms with Gasteiger partial charge in [0.1, 0.15) is 11.2 Å². The highest BCUT2D eigenvalue weighted by atomic mass is 16.3. The average Bonchev–Trinajstić information content (AvgIpc) is 3.58. The van der Waals surface area contributed by atoms with Crippen molar-refractivity contribution in [2.45, 2.75) is 19.3 Å². The second-order valence-corrected chi connectivity index (χ2v) is 12.6. The number of rotatable bonds is 4. The van der Waals surface area contributed by atoms with Crippen LogP contribution in [0, 0.1) is 0 Å². The number of hydrogen-bond acceptors (Lipinski definition) is 2. The third kappa shape index (κ3) is 3.89. The van der Waals surface area contributed by atoms with Crippen molar-refractivity contribution in [3.63, 3.8) is 0 Å². The summed E-state index contributed by atoms with van der Waals surface area (Å²) in [6.45, 7) is 4.69. The number of hydrogen-bond donors (Lipinski definition) is 0. The number of furan rings is 1. The maximum absolute atomic E-state index is 6.49. The van der Waals surface area contributed by atoms with E-state index >= 15 is 0 Å². The minimum Gasteiger partial charge on any atom is -0.455 e. The highest BCUT2D eigenvalue weighted by Gasteiger charge is 2.35. The van der Waals surface area contributed by atoms with E-state index in [0.717, 1.165) is 49.8 Å². The highest BCUT2D eigenvalue weighted by Crippen LogP contribution is 2.51. The van der Waals surface area contributed by atoms with Crippen LogP contribution in [0.2, 0.25) is 0 Å². The summed E-state index contributed by atoms with van der Waals surface area (Å²) in [5.41, 5.74) is 12.9. The number of anilines is 3. The lowest BCUT2D eigenvalue weighted by molar-refractivity contribution is 0.660. The maximum atomic E-state index is 6.49. The van der Waals surface area contributed by atoms with Crippen molar-refractivity contribution in [1.82, 2.24) is 0 Å². The van der Waals surface area contributed by atoms with Crippen molar-refractivity contribution in [1.29, 1.82) is 0 Å². The predicted octanol–water partition coefficient (Wildman–Crippen LogP) is 12.2. The fraction of sp³-hybridized carbons (Fsp3) is 0.0698. The van der Waals surface area contributed by atoms with Crippen LogP contribution in [0.4, 0.5) is 17.1 Å². The van der Waals surface area contributed by atoms with Gasteiger partial charge in [-0.2, -0.15) is 0 Å². The van der Waals surface area contributed by atoms with E-state index in [9.17, 15) is 0 Å². The fourth-order valence-electron chi connectivity index (χ4n) is 7.43. The first-order valence-electron chi connectivity index (χ1n) is 15.6. The van der Waals surface area contributed by atoms with E-state index in [2.05, 4.69) is 164 Å². The number of benzene rings is 7. The van der Waals surface area contributed by atoms with Crippen LogP contribution in [0.5, 0.6) is 0 Å². The van der Waals surface area contributed by atoms with Crippen LogP contribution in [0.1, 0.15) is 25.0 Å². The third-order valence-electron chi connectivity index (χ3n) is 9.66. The minimum absolute atomic E-state index is 0.0985. The Kier molecular flexibility index (Phi) is 5.58. The second kappa shape index (κ2) is 9.70. The summed E-state index contributed by atoms with van der Waals surface area (Å²) >= 11 is 0. The zero-order valence-corrected chi connectivity index (χ0v) is 25.3. The van der Waals surface area contributed by atoms with E-state index in [1.165, 1.54) is 33.4 Å². The topological polar surface area (TPSA) is 16.4 Å². The van der Waals surface area contributed by atoms with Crippen molar-refractivity contribution in [3.8, 4) is 22.3 Å². The summed E-state index contributed by atoms with van der Waals surface area (Å²) in [7, 11) is 0. The van der Waals surface area contributed by atoms with E-state index in [0.29, 0.717) is 0 Å². The Balaban J connectivity index is 1.30. The van der Waals surface area contributed by atoms with Crippen molar-refractivity contribution in [2.24, 2.45) is 0 Å². The highest BCUT2D eigenvalue weighted by molar-refractivity contribution is 6.17. The molecule has 1 aromatic heterocycles. The Labute approximate surface area is 262 Å². The van der Waals surface area contributed by atoms with Crippen LogP contribution < -0.4 is 4.90 Å². The van der Waals surface area contributed by atoms with Gasteiger partial charge >= 0.3 is 0 Å². The van der Waals surface area contributed by atoms with Gasteiger partial charge in [0.2, 0.25) is 0 Å². The van der Waals surface area contributed by atoms with Crippen LogP contribution in [0.3, 0.4) is 0 Å². The molecule has 0 saturated carbocycles. The Morgan fingerprint density at radius 3 is 2.04 bits per heavy atom. The first kappa shape index (κ1) is 25.9. The van der Waals surface area contributed by atoms with Crippen LogP contribution >= 0.6 is 0 Å². The number of para-hydroxylation sites is 1. The zero-order chi connectivity index (χ0) is 30.1. The molecule has 0 unspecified atom stereocenters. The zero-order valence-electron chi connectivity index (χ0n) is 25.3. The van der Waals surface area contributed by atoms with Gasteiger partial charge in [0, 0.05) is 38.3 Å². The summed E-state index contributed by atoms with van der Waals surface area (Å²) in [6.07, 6.45) is 0. The second-order valence-electron chi connectivity index (χ2n) is 12.6. The first-order valence-corrected chi connectivity index (χ1v) is 15.6. The van der Waals surface area contributed by atoms with Gasteiger partial charge in [-0.05, 0) is 75.8 Å². The van der Waals surface area contributed by atoms with E-state index in [4.69, 9.17) is 4.42 Å². The third-order valence-corrected chi connectivity index (χ3v) is 9.66. The Morgan fingerprint density at radius 1 is 0.467 bits per heavy atom. The summed E-state index contributed by atoms with van der Waals surface area (Å²) < 4.78 is 6.49. The number of fused-ring (bicyclic) bond motifs is 8. The molecule has 1 aliphatic carbocycles. The molecule has 0 bridgehead atoms. The molecule has 0 amide bonds. The summed E-state index contributed by atoms with van der Waals surface area (Å²) in [5, 5.41) is 4.55. The molecule has 0 aliphatic heterocycles. The van der Waals surface area contributed by atoms with Gasteiger partial charge in [0.25, 0.3) is 0 Å². The minimum atomic E-state index is -0.0985. The van der Waals surface area contributed by atoms with Gasteiger partial charge in [-0.1, -0.05) is 123 Å². The average molecular weight is 578 g/mol. The van der Waals surface area contributed by atoms with Crippen LogP contribution in [0.15, 0.2) is 156 Å². The molecular formula is C43H31NO. The summed E-state index contributed by atoms with van der Waals surface area (Å²) in [5.74, 6) is 0. The monoisotopic (exact) mass is 577 g/mol. The fourth-order valence-corrected chi connectivity index (χ4v) is 7.43. The van der Waals surface area contributed by atoms with Crippen molar-refractivity contribution in [2.75, 3.05) is 4.90 Å². The molecule has 7 aromatic carbocycles. The van der Waals surface area contributed by atoms with E-state index in [-0.39, 0.29) is 5.41 Å².